The second kappa shape index (κ2) is 7.89. The Labute approximate surface area is 164 Å². The highest BCUT2D eigenvalue weighted by Gasteiger charge is 2.18. The molecule has 3 rings (SSSR count). The molecule has 6 nitrogen and oxygen atoms in total. The van der Waals surface area contributed by atoms with E-state index in [-0.39, 0.29) is 11.3 Å². The Morgan fingerprint density at radius 1 is 1.04 bits per heavy atom. The van der Waals surface area contributed by atoms with Crippen LogP contribution in [0.1, 0.15) is 42.3 Å². The van der Waals surface area contributed by atoms with Crippen molar-refractivity contribution in [2.75, 3.05) is 10.6 Å². The molecule has 1 aromatic heterocycles. The number of nitrogens with zero attached hydrogens (tertiary/aromatic N) is 3. The lowest BCUT2D eigenvalue weighted by atomic mass is 9.86. The summed E-state index contributed by atoms with van der Waals surface area (Å²) in [6.07, 6.45) is 2.94. The molecule has 0 spiro atoms. The van der Waals surface area contributed by atoms with Crippen molar-refractivity contribution in [3.05, 3.63) is 77.6 Å². The van der Waals surface area contributed by atoms with Crippen LogP contribution < -0.4 is 10.6 Å². The first-order valence-corrected chi connectivity index (χ1v) is 8.87. The number of carbonyl (C=O) groups is 1. The highest BCUT2D eigenvalue weighted by atomic mass is 16.1. The van der Waals surface area contributed by atoms with Crippen molar-refractivity contribution in [3.63, 3.8) is 0 Å². The summed E-state index contributed by atoms with van der Waals surface area (Å²) in [4.78, 5) is 20.9. The fourth-order valence-corrected chi connectivity index (χ4v) is 2.75. The third-order valence-corrected chi connectivity index (χ3v) is 4.15. The van der Waals surface area contributed by atoms with Gasteiger partial charge < -0.3 is 10.6 Å². The quantitative estimate of drug-likeness (QED) is 0.697. The summed E-state index contributed by atoms with van der Waals surface area (Å²) in [5.41, 5.74) is 3.41. The molecule has 0 unspecified atom stereocenters. The molecule has 0 aliphatic carbocycles. The van der Waals surface area contributed by atoms with Gasteiger partial charge in [0.05, 0.1) is 17.2 Å². The fraction of sp³-hybridized carbons (Fsp3) is 0.182. The van der Waals surface area contributed by atoms with Gasteiger partial charge in [-0.1, -0.05) is 45.0 Å². The van der Waals surface area contributed by atoms with Crippen molar-refractivity contribution in [3.8, 4) is 6.07 Å². The summed E-state index contributed by atoms with van der Waals surface area (Å²) < 4.78 is 0. The van der Waals surface area contributed by atoms with Crippen LogP contribution in [0, 0.1) is 11.3 Å². The largest absolute Gasteiger partial charge is 0.324 e. The third-order valence-electron chi connectivity index (χ3n) is 4.15. The van der Waals surface area contributed by atoms with E-state index in [1.54, 1.807) is 24.3 Å². The number of amides is 1. The van der Waals surface area contributed by atoms with E-state index in [1.165, 1.54) is 12.4 Å². The molecule has 1 amide bonds. The van der Waals surface area contributed by atoms with E-state index in [2.05, 4.69) is 47.4 Å². The topological polar surface area (TPSA) is 90.7 Å². The molecule has 0 saturated carbocycles. The second-order valence-corrected chi connectivity index (χ2v) is 7.36. The summed E-state index contributed by atoms with van der Waals surface area (Å²) in [5, 5.41) is 14.9. The minimum absolute atomic E-state index is 0.0264. The number of rotatable bonds is 4. The summed E-state index contributed by atoms with van der Waals surface area (Å²) >= 11 is 0. The van der Waals surface area contributed by atoms with Gasteiger partial charge in [-0.05, 0) is 35.2 Å². The first-order chi connectivity index (χ1) is 13.4. The second-order valence-electron chi connectivity index (χ2n) is 7.36. The molecule has 0 radical (unpaired) electrons. The maximum Gasteiger partial charge on any atom is 0.258 e. The summed E-state index contributed by atoms with van der Waals surface area (Å²) in [7, 11) is 0. The monoisotopic (exact) mass is 371 g/mol. The average Bonchev–Trinajstić information content (AvgIpc) is 2.68. The lowest BCUT2D eigenvalue weighted by Gasteiger charge is -2.22. The fourth-order valence-electron chi connectivity index (χ4n) is 2.75. The van der Waals surface area contributed by atoms with Gasteiger partial charge in [0.15, 0.2) is 0 Å². The van der Waals surface area contributed by atoms with Gasteiger partial charge in [0, 0.05) is 23.8 Å². The number of hydrogen-bond acceptors (Lipinski definition) is 5. The number of aromatic nitrogens is 2. The van der Waals surface area contributed by atoms with Crippen molar-refractivity contribution in [2.24, 2.45) is 0 Å². The molecule has 6 heteroatoms. The summed E-state index contributed by atoms with van der Waals surface area (Å²) in [5.74, 6) is 0.0801. The van der Waals surface area contributed by atoms with E-state index in [4.69, 9.17) is 5.26 Å². The van der Waals surface area contributed by atoms with Gasteiger partial charge in [0.2, 0.25) is 5.95 Å². The van der Waals surface area contributed by atoms with Crippen LogP contribution in [0.3, 0.4) is 0 Å². The van der Waals surface area contributed by atoms with Crippen molar-refractivity contribution >= 4 is 23.2 Å². The van der Waals surface area contributed by atoms with Gasteiger partial charge in [0.1, 0.15) is 0 Å². The highest BCUT2D eigenvalue weighted by molar-refractivity contribution is 6.04. The predicted molar refractivity (Wildman–Crippen MR) is 110 cm³/mol. The van der Waals surface area contributed by atoms with E-state index >= 15 is 0 Å². The molecule has 0 aliphatic rings. The number of carbonyl (C=O) groups excluding carboxylic acids is 1. The van der Waals surface area contributed by atoms with Gasteiger partial charge >= 0.3 is 0 Å². The highest BCUT2D eigenvalue weighted by Crippen LogP contribution is 2.30. The van der Waals surface area contributed by atoms with E-state index in [0.29, 0.717) is 22.8 Å². The number of nitriles is 1. The molecule has 0 bridgehead atoms. The predicted octanol–water partition coefficient (Wildman–Crippen LogP) is 4.64. The Bertz CT molecular complexity index is 1030. The van der Waals surface area contributed by atoms with Crippen LogP contribution in [0.25, 0.3) is 0 Å². The summed E-state index contributed by atoms with van der Waals surface area (Å²) in [6, 6.07) is 16.8. The molecule has 1 heterocycles. The molecule has 28 heavy (non-hydrogen) atoms. The van der Waals surface area contributed by atoms with Crippen LogP contribution in [-0.4, -0.2) is 15.9 Å². The molecule has 2 aromatic carbocycles. The molecule has 3 aromatic rings. The first kappa shape index (κ1) is 19.1. The van der Waals surface area contributed by atoms with Crippen LogP contribution in [0.2, 0.25) is 0 Å². The third kappa shape index (κ3) is 4.51. The summed E-state index contributed by atoms with van der Waals surface area (Å²) in [6.45, 7) is 6.43. The lowest BCUT2D eigenvalue weighted by Crippen LogP contribution is -2.15. The van der Waals surface area contributed by atoms with Gasteiger partial charge in [0.25, 0.3) is 5.91 Å². The van der Waals surface area contributed by atoms with Gasteiger partial charge in [-0.15, -0.1) is 0 Å². The van der Waals surface area contributed by atoms with Crippen molar-refractivity contribution < 1.29 is 4.79 Å². The molecular formula is C22H21N5O. The average molecular weight is 371 g/mol. The van der Waals surface area contributed by atoms with Crippen molar-refractivity contribution in [2.45, 2.75) is 26.2 Å². The smallest absolute Gasteiger partial charge is 0.258 e. The number of anilines is 3. The van der Waals surface area contributed by atoms with E-state index in [0.717, 1.165) is 11.3 Å². The standard InChI is InChI=1S/C22H21N5O/c1-22(2,3)18-9-4-5-10-19(18)27-21-24-13-16(14-25-21)20(28)26-17-8-6-7-15(11-17)12-23/h4-11,13-14H,1-3H3,(H,26,28)(H,24,25,27). The van der Waals surface area contributed by atoms with E-state index in [1.807, 2.05) is 24.3 Å². The van der Waals surface area contributed by atoms with Crippen LogP contribution in [0.15, 0.2) is 60.9 Å². The van der Waals surface area contributed by atoms with Gasteiger partial charge in [-0.25, -0.2) is 9.97 Å². The van der Waals surface area contributed by atoms with Crippen molar-refractivity contribution in [1.82, 2.24) is 9.97 Å². The van der Waals surface area contributed by atoms with Gasteiger partial charge in [-0.2, -0.15) is 5.26 Å². The molecule has 2 N–H and O–H groups in total. The van der Waals surface area contributed by atoms with Gasteiger partial charge in [-0.3, -0.25) is 4.79 Å². The zero-order chi connectivity index (χ0) is 20.1. The lowest BCUT2D eigenvalue weighted by molar-refractivity contribution is 0.102. The maximum absolute atomic E-state index is 12.4. The molecule has 0 aliphatic heterocycles. The van der Waals surface area contributed by atoms with Crippen molar-refractivity contribution in [1.29, 1.82) is 5.26 Å². The van der Waals surface area contributed by atoms with Crippen LogP contribution in [0.4, 0.5) is 17.3 Å². The first-order valence-electron chi connectivity index (χ1n) is 8.87. The molecule has 0 atom stereocenters. The number of para-hydroxylation sites is 1. The number of hydrogen-bond donors (Lipinski definition) is 2. The Morgan fingerprint density at radius 2 is 1.75 bits per heavy atom. The van der Waals surface area contributed by atoms with Crippen LogP contribution >= 0.6 is 0 Å². The van der Waals surface area contributed by atoms with E-state index < -0.39 is 0 Å². The molecule has 0 fully saturated rings. The molecule has 140 valence electrons. The number of benzene rings is 2. The molecular weight excluding hydrogens is 350 g/mol. The Balaban J connectivity index is 1.74. The zero-order valence-corrected chi connectivity index (χ0v) is 16.0. The Morgan fingerprint density at radius 3 is 2.43 bits per heavy atom. The Kier molecular flexibility index (Phi) is 5.37. The van der Waals surface area contributed by atoms with E-state index in [9.17, 15) is 4.79 Å². The SMILES string of the molecule is CC(C)(C)c1ccccc1Nc1ncc(C(=O)Nc2cccc(C#N)c2)cn1. The zero-order valence-electron chi connectivity index (χ0n) is 16.0. The normalized spacial score (nSPS) is 10.8. The Hall–Kier alpha value is -3.72. The minimum Gasteiger partial charge on any atom is -0.324 e. The van der Waals surface area contributed by atoms with Crippen LogP contribution in [0.5, 0.6) is 0 Å². The minimum atomic E-state index is -0.336. The maximum atomic E-state index is 12.4. The molecule has 0 saturated heterocycles. The van der Waals surface area contributed by atoms with Crippen LogP contribution in [-0.2, 0) is 5.41 Å². The number of nitrogens with one attached hydrogen (secondary N) is 2.